The Balaban J connectivity index is 1.60. The van der Waals surface area contributed by atoms with Gasteiger partial charge in [0.15, 0.2) is 0 Å². The summed E-state index contributed by atoms with van der Waals surface area (Å²) in [5.41, 5.74) is 2.12. The standard InChI is InChI=1S/C29H38FN5O5/c1-20(2)31-29(37)34(12-11-33-13-15-40-16-14-33)19-28(36)35-26(21-5-7-22(30)8-6-21)18-25(32-35)24-10-9-23(38-3)17-27(24)39-4/h5-10,17,20,26H,11-16,18-19H2,1-4H3,(H,31,37). The van der Waals surface area contributed by atoms with Gasteiger partial charge < -0.3 is 24.4 Å². The molecule has 1 unspecified atom stereocenters. The quantitative estimate of drug-likeness (QED) is 0.484. The number of morpholine rings is 1. The molecule has 2 aromatic carbocycles. The molecule has 2 aromatic rings. The summed E-state index contributed by atoms with van der Waals surface area (Å²) in [4.78, 5) is 30.7. The van der Waals surface area contributed by atoms with Gasteiger partial charge in [0.2, 0.25) is 0 Å². The molecule has 216 valence electrons. The number of nitrogens with one attached hydrogen (secondary N) is 1. The van der Waals surface area contributed by atoms with Gasteiger partial charge in [-0.25, -0.2) is 14.2 Å². The zero-order chi connectivity index (χ0) is 28.6. The lowest BCUT2D eigenvalue weighted by Gasteiger charge is -2.31. The first-order valence-corrected chi connectivity index (χ1v) is 13.5. The molecule has 40 heavy (non-hydrogen) atoms. The van der Waals surface area contributed by atoms with Crippen LogP contribution >= 0.6 is 0 Å². The Hall–Kier alpha value is -3.70. The van der Waals surface area contributed by atoms with Gasteiger partial charge in [0.1, 0.15) is 23.9 Å². The Morgan fingerprint density at radius 2 is 1.85 bits per heavy atom. The van der Waals surface area contributed by atoms with E-state index in [2.05, 4.69) is 10.2 Å². The van der Waals surface area contributed by atoms with Gasteiger partial charge in [0.05, 0.1) is 39.2 Å². The first kappa shape index (κ1) is 29.3. The minimum absolute atomic E-state index is 0.0839. The monoisotopic (exact) mass is 555 g/mol. The third-order valence-electron chi connectivity index (χ3n) is 6.96. The zero-order valence-corrected chi connectivity index (χ0v) is 23.6. The number of hydrogen-bond acceptors (Lipinski definition) is 7. The lowest BCUT2D eigenvalue weighted by Crippen LogP contribution is -2.50. The molecule has 0 saturated carbocycles. The molecule has 1 atom stereocenters. The molecule has 0 spiro atoms. The minimum atomic E-state index is -0.468. The lowest BCUT2D eigenvalue weighted by atomic mass is 9.97. The molecule has 11 heteroatoms. The van der Waals surface area contributed by atoms with Crippen molar-refractivity contribution in [3.05, 3.63) is 59.4 Å². The van der Waals surface area contributed by atoms with Crippen molar-refractivity contribution < 1.29 is 28.2 Å². The van der Waals surface area contributed by atoms with Crippen molar-refractivity contribution >= 4 is 17.6 Å². The Morgan fingerprint density at radius 1 is 1.12 bits per heavy atom. The number of benzene rings is 2. The fourth-order valence-corrected chi connectivity index (χ4v) is 4.80. The molecule has 10 nitrogen and oxygen atoms in total. The van der Waals surface area contributed by atoms with Crippen LogP contribution in [0.15, 0.2) is 47.6 Å². The molecule has 0 bridgehead atoms. The summed E-state index contributed by atoms with van der Waals surface area (Å²) in [6, 6.07) is 10.6. The van der Waals surface area contributed by atoms with E-state index in [1.54, 1.807) is 38.5 Å². The molecule has 4 rings (SSSR count). The van der Waals surface area contributed by atoms with E-state index < -0.39 is 6.04 Å². The van der Waals surface area contributed by atoms with Gasteiger partial charge in [-0.15, -0.1) is 0 Å². The topological polar surface area (TPSA) is 95.9 Å². The van der Waals surface area contributed by atoms with Crippen LogP contribution in [-0.4, -0.2) is 98.7 Å². The molecule has 0 radical (unpaired) electrons. The van der Waals surface area contributed by atoms with Gasteiger partial charge in [-0.3, -0.25) is 9.69 Å². The number of urea groups is 1. The summed E-state index contributed by atoms with van der Waals surface area (Å²) >= 11 is 0. The number of nitrogens with zero attached hydrogens (tertiary/aromatic N) is 4. The highest BCUT2D eigenvalue weighted by molar-refractivity contribution is 6.05. The maximum Gasteiger partial charge on any atom is 0.318 e. The number of amides is 3. The van der Waals surface area contributed by atoms with Crippen LogP contribution in [-0.2, 0) is 9.53 Å². The van der Waals surface area contributed by atoms with E-state index in [1.165, 1.54) is 22.0 Å². The summed E-state index contributed by atoms with van der Waals surface area (Å²) in [6.45, 7) is 7.47. The predicted molar refractivity (Wildman–Crippen MR) is 149 cm³/mol. The van der Waals surface area contributed by atoms with Gasteiger partial charge in [-0.1, -0.05) is 12.1 Å². The molecule has 2 heterocycles. The molecule has 0 aliphatic carbocycles. The van der Waals surface area contributed by atoms with E-state index in [4.69, 9.17) is 19.3 Å². The summed E-state index contributed by atoms with van der Waals surface area (Å²) in [5.74, 6) is 0.498. The van der Waals surface area contributed by atoms with Crippen molar-refractivity contribution in [1.29, 1.82) is 0 Å². The zero-order valence-electron chi connectivity index (χ0n) is 23.6. The molecule has 1 N–H and O–H groups in total. The van der Waals surface area contributed by atoms with Gasteiger partial charge in [-0.2, -0.15) is 5.10 Å². The van der Waals surface area contributed by atoms with Gasteiger partial charge in [-0.05, 0) is 43.7 Å². The van der Waals surface area contributed by atoms with Crippen molar-refractivity contribution in [2.24, 2.45) is 5.10 Å². The number of hydrazone groups is 1. The number of halogens is 1. The molecule has 1 saturated heterocycles. The second-order valence-corrected chi connectivity index (χ2v) is 10.1. The number of carbonyl (C=O) groups is 2. The van der Waals surface area contributed by atoms with Crippen LogP contribution in [0.3, 0.4) is 0 Å². The molecule has 0 aromatic heterocycles. The Labute approximate surface area is 234 Å². The Bertz CT molecular complexity index is 1200. The summed E-state index contributed by atoms with van der Waals surface area (Å²) in [7, 11) is 3.14. The lowest BCUT2D eigenvalue weighted by molar-refractivity contribution is -0.133. The smallest absolute Gasteiger partial charge is 0.318 e. The molecular formula is C29H38FN5O5. The highest BCUT2D eigenvalue weighted by Crippen LogP contribution is 2.36. The third-order valence-corrected chi connectivity index (χ3v) is 6.96. The summed E-state index contributed by atoms with van der Waals surface area (Å²) in [6.07, 6.45) is 0.395. The maximum atomic E-state index is 13.8. The Morgan fingerprint density at radius 3 is 2.50 bits per heavy atom. The average Bonchev–Trinajstić information content (AvgIpc) is 3.40. The van der Waals surface area contributed by atoms with Crippen molar-refractivity contribution in [2.45, 2.75) is 32.4 Å². The number of rotatable bonds is 10. The van der Waals surface area contributed by atoms with E-state index in [0.29, 0.717) is 49.9 Å². The predicted octanol–water partition coefficient (Wildman–Crippen LogP) is 3.27. The van der Waals surface area contributed by atoms with Crippen LogP contribution in [0, 0.1) is 5.82 Å². The van der Waals surface area contributed by atoms with E-state index >= 15 is 0 Å². The van der Waals surface area contributed by atoms with Gasteiger partial charge in [0, 0.05) is 50.3 Å². The van der Waals surface area contributed by atoms with Crippen molar-refractivity contribution in [3.63, 3.8) is 0 Å². The van der Waals surface area contributed by atoms with Gasteiger partial charge >= 0.3 is 6.03 Å². The van der Waals surface area contributed by atoms with E-state index in [9.17, 15) is 14.0 Å². The minimum Gasteiger partial charge on any atom is -0.497 e. The number of hydrogen-bond donors (Lipinski definition) is 1. The van der Waals surface area contributed by atoms with E-state index in [0.717, 1.165) is 24.2 Å². The summed E-state index contributed by atoms with van der Waals surface area (Å²) < 4.78 is 30.1. The highest BCUT2D eigenvalue weighted by Gasteiger charge is 2.35. The van der Waals surface area contributed by atoms with Crippen LogP contribution < -0.4 is 14.8 Å². The van der Waals surface area contributed by atoms with Crippen molar-refractivity contribution in [1.82, 2.24) is 20.1 Å². The normalized spacial score (nSPS) is 17.5. The largest absolute Gasteiger partial charge is 0.497 e. The second kappa shape index (κ2) is 13.6. The van der Waals surface area contributed by atoms with Crippen LogP contribution in [0.25, 0.3) is 0 Å². The fraction of sp³-hybridized carbons (Fsp3) is 0.483. The Kier molecular flexibility index (Phi) is 9.94. The number of ether oxygens (including phenoxy) is 3. The molecule has 3 amide bonds. The average molecular weight is 556 g/mol. The number of carbonyl (C=O) groups excluding carboxylic acids is 2. The molecule has 2 aliphatic rings. The van der Waals surface area contributed by atoms with Crippen LogP contribution in [0.1, 0.15) is 37.4 Å². The van der Waals surface area contributed by atoms with Gasteiger partial charge in [0.25, 0.3) is 5.91 Å². The SMILES string of the molecule is COc1ccc(C2=NN(C(=O)CN(CCN3CCOCC3)C(=O)NC(C)C)C(c3ccc(F)cc3)C2)c(OC)c1. The second-order valence-electron chi connectivity index (χ2n) is 10.1. The third kappa shape index (κ3) is 7.28. The first-order valence-electron chi connectivity index (χ1n) is 13.5. The van der Waals surface area contributed by atoms with Crippen LogP contribution in [0.4, 0.5) is 9.18 Å². The molecule has 1 fully saturated rings. The number of methoxy groups -OCH3 is 2. The first-order chi connectivity index (χ1) is 19.3. The van der Waals surface area contributed by atoms with Crippen molar-refractivity contribution in [2.75, 3.05) is 60.2 Å². The summed E-state index contributed by atoms with van der Waals surface area (Å²) in [5, 5.41) is 9.04. The van der Waals surface area contributed by atoms with Crippen LogP contribution in [0.5, 0.6) is 11.5 Å². The maximum absolute atomic E-state index is 13.8. The van der Waals surface area contributed by atoms with Crippen LogP contribution in [0.2, 0.25) is 0 Å². The van der Waals surface area contributed by atoms with E-state index in [1.807, 2.05) is 19.9 Å². The van der Waals surface area contributed by atoms with Crippen molar-refractivity contribution in [3.8, 4) is 11.5 Å². The molecule has 2 aliphatic heterocycles. The highest BCUT2D eigenvalue weighted by atomic mass is 19.1. The fourth-order valence-electron chi connectivity index (χ4n) is 4.80. The van der Waals surface area contributed by atoms with E-state index in [-0.39, 0.29) is 30.3 Å². The molecular weight excluding hydrogens is 517 g/mol.